The number of carbonyl (C=O) groups excluding carboxylic acids is 2. The number of nitrogens with one attached hydrogen (secondary N) is 1. The summed E-state index contributed by atoms with van der Waals surface area (Å²) in [5, 5.41) is 3.59. The summed E-state index contributed by atoms with van der Waals surface area (Å²) in [6.45, 7) is 0.259. The van der Waals surface area contributed by atoms with Gasteiger partial charge in [0, 0.05) is 22.7 Å². The molecule has 1 aliphatic rings. The van der Waals surface area contributed by atoms with E-state index >= 15 is 0 Å². The van der Waals surface area contributed by atoms with Gasteiger partial charge in [0.25, 0.3) is 5.56 Å². The summed E-state index contributed by atoms with van der Waals surface area (Å²) >= 11 is 2.89. The topological polar surface area (TPSA) is 107 Å². The molecule has 0 radical (unpaired) electrons. The van der Waals surface area contributed by atoms with E-state index < -0.39 is 5.91 Å². The number of nitrogens with zero attached hydrogens (tertiary/aromatic N) is 2. The van der Waals surface area contributed by atoms with Crippen molar-refractivity contribution in [2.45, 2.75) is 43.5 Å². The Labute approximate surface area is 181 Å². The number of anilines is 1. The number of aromatic nitrogens is 2. The summed E-state index contributed by atoms with van der Waals surface area (Å²) in [4.78, 5) is 43.8. The van der Waals surface area contributed by atoms with E-state index in [1.54, 1.807) is 17.4 Å². The van der Waals surface area contributed by atoms with Crippen molar-refractivity contribution in [3.63, 3.8) is 0 Å². The maximum absolute atomic E-state index is 13.0. The molecule has 0 saturated heterocycles. The van der Waals surface area contributed by atoms with Crippen molar-refractivity contribution in [3.8, 4) is 0 Å². The van der Waals surface area contributed by atoms with Crippen molar-refractivity contribution in [1.29, 1.82) is 0 Å². The first-order chi connectivity index (χ1) is 14.5. The molecule has 0 spiro atoms. The average Bonchev–Trinajstić information content (AvgIpc) is 3.12. The summed E-state index contributed by atoms with van der Waals surface area (Å²) < 4.78 is 1.53. The lowest BCUT2D eigenvalue weighted by Crippen LogP contribution is -2.24. The van der Waals surface area contributed by atoms with Gasteiger partial charge < -0.3 is 11.1 Å². The minimum Gasteiger partial charge on any atom is -0.369 e. The monoisotopic (exact) mass is 442 g/mol. The van der Waals surface area contributed by atoms with Crippen LogP contribution in [-0.4, -0.2) is 27.1 Å². The predicted molar refractivity (Wildman–Crippen MR) is 120 cm³/mol. The summed E-state index contributed by atoms with van der Waals surface area (Å²) in [5.74, 6) is -0.487. The van der Waals surface area contributed by atoms with Gasteiger partial charge in [-0.15, -0.1) is 23.1 Å². The molecule has 2 aromatic heterocycles. The molecule has 0 bridgehead atoms. The second kappa shape index (κ2) is 9.01. The Hall–Kier alpha value is -2.65. The zero-order valence-corrected chi connectivity index (χ0v) is 18.0. The number of rotatable bonds is 7. The van der Waals surface area contributed by atoms with Crippen LogP contribution in [0.15, 0.2) is 40.3 Å². The van der Waals surface area contributed by atoms with Crippen molar-refractivity contribution in [2.75, 3.05) is 11.1 Å². The van der Waals surface area contributed by atoms with Crippen LogP contribution >= 0.6 is 23.1 Å². The SMILES string of the molecule is NC(=O)CSc1ccccc1NC(=O)CCn1cnc2sc3c(c2c1=O)CCCC3. The normalized spacial score (nSPS) is 13.2. The Balaban J connectivity index is 1.46. The van der Waals surface area contributed by atoms with Gasteiger partial charge in [-0.3, -0.25) is 19.0 Å². The Bertz CT molecular complexity index is 1170. The molecule has 0 saturated carbocycles. The van der Waals surface area contributed by atoms with E-state index in [-0.39, 0.29) is 30.2 Å². The second-order valence-corrected chi connectivity index (χ2v) is 9.28. The van der Waals surface area contributed by atoms with Gasteiger partial charge in [0.1, 0.15) is 4.83 Å². The van der Waals surface area contributed by atoms with E-state index in [2.05, 4.69) is 10.3 Å². The van der Waals surface area contributed by atoms with Crippen LogP contribution in [0.3, 0.4) is 0 Å². The second-order valence-electron chi connectivity index (χ2n) is 7.18. The summed E-state index contributed by atoms with van der Waals surface area (Å²) in [7, 11) is 0. The van der Waals surface area contributed by atoms with E-state index in [0.717, 1.165) is 46.4 Å². The van der Waals surface area contributed by atoms with Crippen LogP contribution in [0.5, 0.6) is 0 Å². The largest absolute Gasteiger partial charge is 0.369 e. The highest BCUT2D eigenvalue weighted by Gasteiger charge is 2.20. The van der Waals surface area contributed by atoms with E-state index in [1.165, 1.54) is 27.5 Å². The number of hydrogen-bond acceptors (Lipinski definition) is 6. The number of thiophene rings is 1. The summed E-state index contributed by atoms with van der Waals surface area (Å²) in [6.07, 6.45) is 5.89. The lowest BCUT2D eigenvalue weighted by molar-refractivity contribution is -0.116. The number of amides is 2. The molecule has 9 heteroatoms. The first kappa shape index (κ1) is 20.6. The fourth-order valence-electron chi connectivity index (χ4n) is 3.62. The zero-order valence-electron chi connectivity index (χ0n) is 16.3. The Morgan fingerprint density at radius 3 is 2.87 bits per heavy atom. The maximum Gasteiger partial charge on any atom is 0.262 e. The molecular formula is C21H22N4O3S2. The van der Waals surface area contributed by atoms with Gasteiger partial charge in [-0.05, 0) is 43.4 Å². The molecule has 1 aromatic carbocycles. The van der Waals surface area contributed by atoms with Gasteiger partial charge >= 0.3 is 0 Å². The smallest absolute Gasteiger partial charge is 0.262 e. The molecule has 0 fully saturated rings. The van der Waals surface area contributed by atoms with Gasteiger partial charge in [-0.2, -0.15) is 0 Å². The van der Waals surface area contributed by atoms with Crippen molar-refractivity contribution < 1.29 is 9.59 Å². The van der Waals surface area contributed by atoms with Crippen molar-refractivity contribution in [2.24, 2.45) is 5.73 Å². The number of nitrogens with two attached hydrogens (primary N) is 1. The first-order valence-corrected chi connectivity index (χ1v) is 11.6. The highest BCUT2D eigenvalue weighted by atomic mass is 32.2. The Morgan fingerprint density at radius 1 is 1.23 bits per heavy atom. The number of thioether (sulfide) groups is 1. The molecule has 2 amide bonds. The molecule has 156 valence electrons. The van der Waals surface area contributed by atoms with Gasteiger partial charge in [0.2, 0.25) is 11.8 Å². The van der Waals surface area contributed by atoms with E-state index in [1.807, 2.05) is 18.2 Å². The van der Waals surface area contributed by atoms with Crippen LogP contribution in [-0.2, 0) is 29.0 Å². The van der Waals surface area contributed by atoms with Crippen LogP contribution in [0, 0.1) is 0 Å². The molecule has 4 rings (SSSR count). The predicted octanol–water partition coefficient (Wildman–Crippen LogP) is 2.94. The first-order valence-electron chi connectivity index (χ1n) is 9.82. The highest BCUT2D eigenvalue weighted by molar-refractivity contribution is 8.00. The number of primary amides is 1. The quantitative estimate of drug-likeness (QED) is 0.547. The minimum atomic E-state index is -0.418. The van der Waals surface area contributed by atoms with Crippen LogP contribution in [0.1, 0.15) is 29.7 Å². The van der Waals surface area contributed by atoms with Crippen LogP contribution in [0.2, 0.25) is 0 Å². The molecule has 2 heterocycles. The molecule has 1 aliphatic carbocycles. The minimum absolute atomic E-state index is 0.0652. The molecule has 0 atom stereocenters. The molecule has 0 unspecified atom stereocenters. The number of aryl methyl sites for hydroxylation is 3. The van der Waals surface area contributed by atoms with Crippen LogP contribution in [0.4, 0.5) is 5.69 Å². The molecule has 3 aromatic rings. The lowest BCUT2D eigenvalue weighted by Gasteiger charge is -2.11. The fourth-order valence-corrected chi connectivity index (χ4v) is 5.59. The molecular weight excluding hydrogens is 420 g/mol. The highest BCUT2D eigenvalue weighted by Crippen LogP contribution is 2.33. The van der Waals surface area contributed by atoms with E-state index in [0.29, 0.717) is 5.69 Å². The van der Waals surface area contributed by atoms with Crippen molar-refractivity contribution in [1.82, 2.24) is 9.55 Å². The van der Waals surface area contributed by atoms with Crippen molar-refractivity contribution in [3.05, 3.63) is 51.4 Å². The van der Waals surface area contributed by atoms with E-state index in [9.17, 15) is 14.4 Å². The molecule has 0 aliphatic heterocycles. The average molecular weight is 443 g/mol. The standard InChI is InChI=1S/C21H22N4O3S2/c22-17(26)11-29-16-8-4-2-6-14(16)24-18(27)9-10-25-12-23-20-19(21(25)28)13-5-1-3-7-15(13)30-20/h2,4,6,8,12H,1,3,5,7,9-11H2,(H2,22,26)(H,24,27). The van der Waals surface area contributed by atoms with Crippen LogP contribution in [0.25, 0.3) is 10.2 Å². The third-order valence-electron chi connectivity index (χ3n) is 5.05. The number of carbonyl (C=O) groups is 2. The summed E-state index contributed by atoms with van der Waals surface area (Å²) in [6, 6.07) is 7.25. The summed E-state index contributed by atoms with van der Waals surface area (Å²) in [5.41, 5.74) is 6.92. The van der Waals surface area contributed by atoms with Crippen LogP contribution < -0.4 is 16.6 Å². The van der Waals surface area contributed by atoms with Gasteiger partial charge in [-0.25, -0.2) is 4.98 Å². The third kappa shape index (κ3) is 4.41. The molecule has 3 N–H and O–H groups in total. The molecule has 7 nitrogen and oxygen atoms in total. The Kier molecular flexibility index (Phi) is 6.19. The number of fused-ring (bicyclic) bond motifs is 3. The lowest BCUT2D eigenvalue weighted by atomic mass is 9.97. The third-order valence-corrected chi connectivity index (χ3v) is 7.35. The maximum atomic E-state index is 13.0. The number of para-hydroxylation sites is 1. The van der Waals surface area contributed by atoms with E-state index in [4.69, 9.17) is 5.73 Å². The number of benzene rings is 1. The zero-order chi connectivity index (χ0) is 21.1. The number of hydrogen-bond donors (Lipinski definition) is 2. The molecule has 30 heavy (non-hydrogen) atoms. The van der Waals surface area contributed by atoms with Crippen molar-refractivity contribution >= 4 is 50.8 Å². The Morgan fingerprint density at radius 2 is 2.03 bits per heavy atom. The van der Waals surface area contributed by atoms with Gasteiger partial charge in [-0.1, -0.05) is 12.1 Å². The fraction of sp³-hybridized carbons (Fsp3) is 0.333. The van der Waals surface area contributed by atoms with Gasteiger partial charge in [0.15, 0.2) is 0 Å². The van der Waals surface area contributed by atoms with Gasteiger partial charge in [0.05, 0.1) is 23.2 Å².